The van der Waals surface area contributed by atoms with E-state index in [2.05, 4.69) is 0 Å². The molecular formula is C4H9NO3. The number of hydrogen-bond acceptors (Lipinski definition) is 3. The highest BCUT2D eigenvalue weighted by molar-refractivity contribution is 5.48. The molecule has 1 N–H and O–H groups in total. The van der Waals surface area contributed by atoms with Crippen LogP contribution in [0.2, 0.25) is 0 Å². The SMILES string of the molecule is CCCC=O.O=NO. The lowest BCUT2D eigenvalue weighted by atomic mass is 10.4. The Hall–Kier alpha value is -0.930. The fraction of sp³-hybridized carbons (Fsp3) is 0.750. The first kappa shape index (κ1) is 10.1. The first-order valence-electron chi connectivity index (χ1n) is 2.23. The van der Waals surface area contributed by atoms with Gasteiger partial charge in [-0.15, -0.1) is 4.91 Å². The molecule has 0 unspecified atom stereocenters. The van der Waals surface area contributed by atoms with Crippen molar-refractivity contribution in [2.45, 2.75) is 19.8 Å². The van der Waals surface area contributed by atoms with Gasteiger partial charge in [0.05, 0.1) is 0 Å². The number of carbonyl (C=O) groups is 1. The number of unbranched alkanes of at least 4 members (excludes halogenated alkanes) is 1. The van der Waals surface area contributed by atoms with Gasteiger partial charge in [0.15, 0.2) is 5.34 Å². The van der Waals surface area contributed by atoms with Gasteiger partial charge in [0.1, 0.15) is 6.29 Å². The average molecular weight is 119 g/mol. The van der Waals surface area contributed by atoms with Crippen LogP contribution in [0.3, 0.4) is 0 Å². The Kier molecular flexibility index (Phi) is 21.0. The second-order valence-electron chi connectivity index (χ2n) is 1.04. The van der Waals surface area contributed by atoms with Gasteiger partial charge >= 0.3 is 0 Å². The molecule has 0 atom stereocenters. The second kappa shape index (κ2) is 16.6. The molecule has 4 nitrogen and oxygen atoms in total. The Morgan fingerprint density at radius 3 is 2.12 bits per heavy atom. The van der Waals surface area contributed by atoms with E-state index in [0.29, 0.717) is 6.42 Å². The van der Waals surface area contributed by atoms with Crippen LogP contribution in [0.25, 0.3) is 0 Å². The molecule has 0 amide bonds. The molecule has 0 aliphatic rings. The normalized spacial score (nSPS) is 6.12. The van der Waals surface area contributed by atoms with Crippen molar-refractivity contribution < 1.29 is 10.0 Å². The van der Waals surface area contributed by atoms with E-state index in [9.17, 15) is 4.79 Å². The third-order valence-corrected chi connectivity index (χ3v) is 0.407. The monoisotopic (exact) mass is 119 g/mol. The number of rotatable bonds is 2. The van der Waals surface area contributed by atoms with Gasteiger partial charge in [-0.05, 0) is 6.42 Å². The standard InChI is InChI=1S/C4H8O.HNO2/c1-2-3-4-5;2-1-3/h4H,2-3H2,1H3;(H,2,3). The maximum absolute atomic E-state index is 9.40. The van der Waals surface area contributed by atoms with Gasteiger partial charge in [-0.3, -0.25) is 0 Å². The van der Waals surface area contributed by atoms with Crippen molar-refractivity contribution >= 4 is 6.29 Å². The summed E-state index contributed by atoms with van der Waals surface area (Å²) in [6.45, 7) is 1.98. The first-order chi connectivity index (χ1) is 3.83. The Balaban J connectivity index is 0. The summed E-state index contributed by atoms with van der Waals surface area (Å²) in [4.78, 5) is 17.5. The van der Waals surface area contributed by atoms with Gasteiger partial charge in [0.25, 0.3) is 0 Å². The van der Waals surface area contributed by atoms with Crippen molar-refractivity contribution in [3.05, 3.63) is 4.91 Å². The van der Waals surface area contributed by atoms with Gasteiger partial charge < -0.3 is 10.0 Å². The van der Waals surface area contributed by atoms with E-state index in [1.54, 1.807) is 0 Å². The largest absolute Gasteiger partial charge is 0.379 e. The van der Waals surface area contributed by atoms with E-state index < -0.39 is 0 Å². The quantitative estimate of drug-likeness (QED) is 0.336. The molecule has 0 aromatic carbocycles. The Bertz CT molecular complexity index is 55.2. The molecule has 48 valence electrons. The molecule has 4 heteroatoms. The Morgan fingerprint density at radius 2 is 2.12 bits per heavy atom. The lowest BCUT2D eigenvalue weighted by Crippen LogP contribution is -1.64. The van der Waals surface area contributed by atoms with Crippen LogP contribution in [-0.2, 0) is 4.79 Å². The molecule has 8 heavy (non-hydrogen) atoms. The van der Waals surface area contributed by atoms with Crippen LogP contribution in [0.5, 0.6) is 0 Å². The first-order valence-corrected chi connectivity index (χ1v) is 2.23. The van der Waals surface area contributed by atoms with Gasteiger partial charge in [0, 0.05) is 6.42 Å². The highest BCUT2D eigenvalue weighted by Crippen LogP contribution is 1.74. The van der Waals surface area contributed by atoms with E-state index in [1.807, 2.05) is 6.92 Å². The fourth-order valence-corrected chi connectivity index (χ4v) is 0.118. The predicted molar refractivity (Wildman–Crippen MR) is 28.6 cm³/mol. The lowest BCUT2D eigenvalue weighted by molar-refractivity contribution is -0.107. The molecule has 0 saturated carbocycles. The molecule has 0 aromatic heterocycles. The summed E-state index contributed by atoms with van der Waals surface area (Å²) in [5.41, 5.74) is 0. The number of nitrogens with zero attached hydrogens (tertiary/aromatic N) is 1. The van der Waals surface area contributed by atoms with E-state index in [1.165, 1.54) is 5.34 Å². The highest BCUT2D eigenvalue weighted by atomic mass is 16.6. The van der Waals surface area contributed by atoms with Crippen molar-refractivity contribution in [3.63, 3.8) is 0 Å². The van der Waals surface area contributed by atoms with Crippen molar-refractivity contribution in [2.24, 2.45) is 5.34 Å². The number of aldehydes is 1. The van der Waals surface area contributed by atoms with Crippen molar-refractivity contribution in [1.29, 1.82) is 0 Å². The molecule has 0 aliphatic heterocycles. The van der Waals surface area contributed by atoms with Crippen molar-refractivity contribution in [3.8, 4) is 0 Å². The molecule has 0 heterocycles. The zero-order valence-corrected chi connectivity index (χ0v) is 4.70. The van der Waals surface area contributed by atoms with Crippen LogP contribution in [0.4, 0.5) is 0 Å². The van der Waals surface area contributed by atoms with E-state index >= 15 is 0 Å². The maximum atomic E-state index is 9.40. The number of hydrogen-bond donors (Lipinski definition) is 1. The molecule has 0 spiro atoms. The molecule has 0 bridgehead atoms. The summed E-state index contributed by atoms with van der Waals surface area (Å²) >= 11 is 0. The summed E-state index contributed by atoms with van der Waals surface area (Å²) in [7, 11) is 0. The van der Waals surface area contributed by atoms with Gasteiger partial charge in [0.2, 0.25) is 0 Å². The summed E-state index contributed by atoms with van der Waals surface area (Å²) in [5.74, 6) is 0. The maximum Gasteiger partial charge on any atom is 0.152 e. The van der Waals surface area contributed by atoms with Gasteiger partial charge in [-0.2, -0.15) is 0 Å². The smallest absolute Gasteiger partial charge is 0.152 e. The average Bonchev–Trinajstić information content (AvgIpc) is 1.71. The molecule has 0 aliphatic carbocycles. The molecular weight excluding hydrogens is 110 g/mol. The predicted octanol–water partition coefficient (Wildman–Crippen LogP) is 1.13. The fourth-order valence-electron chi connectivity index (χ4n) is 0.118. The minimum absolute atomic E-state index is 0.708. The minimum atomic E-state index is 0.708. The van der Waals surface area contributed by atoms with Crippen LogP contribution in [0.15, 0.2) is 5.34 Å². The zero-order chi connectivity index (χ0) is 6.83. The third kappa shape index (κ3) is 73.4. The van der Waals surface area contributed by atoms with Crippen LogP contribution in [0.1, 0.15) is 19.8 Å². The Labute approximate surface area is 47.4 Å². The Morgan fingerprint density at radius 1 is 1.75 bits per heavy atom. The third-order valence-electron chi connectivity index (χ3n) is 0.407. The van der Waals surface area contributed by atoms with Gasteiger partial charge in [-0.1, -0.05) is 6.92 Å². The molecule has 0 saturated heterocycles. The van der Waals surface area contributed by atoms with Crippen molar-refractivity contribution in [1.82, 2.24) is 0 Å². The lowest BCUT2D eigenvalue weighted by Gasteiger charge is -1.68. The molecule has 0 radical (unpaired) electrons. The molecule has 0 rings (SSSR count). The summed E-state index contributed by atoms with van der Waals surface area (Å²) < 4.78 is 0. The van der Waals surface area contributed by atoms with E-state index in [4.69, 9.17) is 10.1 Å². The second-order valence-corrected chi connectivity index (χ2v) is 1.04. The summed E-state index contributed by atoms with van der Waals surface area (Å²) in [6, 6.07) is 0. The van der Waals surface area contributed by atoms with E-state index in [0.717, 1.165) is 12.7 Å². The summed E-state index contributed by atoms with van der Waals surface area (Å²) in [5, 5.41) is 7.89. The zero-order valence-electron chi connectivity index (χ0n) is 4.70. The number of carbonyl (C=O) groups excluding carboxylic acids is 1. The molecule has 0 aromatic rings. The minimum Gasteiger partial charge on any atom is -0.379 e. The molecule has 0 fully saturated rings. The highest BCUT2D eigenvalue weighted by Gasteiger charge is 1.66. The van der Waals surface area contributed by atoms with Crippen LogP contribution in [0, 0.1) is 4.91 Å². The van der Waals surface area contributed by atoms with Crippen LogP contribution in [-0.4, -0.2) is 11.5 Å². The van der Waals surface area contributed by atoms with Crippen LogP contribution >= 0.6 is 0 Å². The van der Waals surface area contributed by atoms with Crippen molar-refractivity contribution in [2.75, 3.05) is 0 Å². The summed E-state index contributed by atoms with van der Waals surface area (Å²) in [6.07, 6.45) is 2.61. The van der Waals surface area contributed by atoms with E-state index in [-0.39, 0.29) is 0 Å². The van der Waals surface area contributed by atoms with Gasteiger partial charge in [-0.25, -0.2) is 0 Å². The topological polar surface area (TPSA) is 66.7 Å². The van der Waals surface area contributed by atoms with Crippen LogP contribution < -0.4 is 0 Å².